The predicted molar refractivity (Wildman–Crippen MR) is 84.2 cm³/mol. The summed E-state index contributed by atoms with van der Waals surface area (Å²) >= 11 is 0. The van der Waals surface area contributed by atoms with E-state index in [1.54, 1.807) is 7.11 Å². The third kappa shape index (κ3) is 3.06. The fourth-order valence-corrected chi connectivity index (χ4v) is 2.80. The number of aryl methyl sites for hydroxylation is 1. The van der Waals surface area contributed by atoms with Crippen molar-refractivity contribution in [2.75, 3.05) is 38.2 Å². The molecule has 3 rings (SSSR count). The molecular formula is C16H22N4O2. The van der Waals surface area contributed by atoms with E-state index < -0.39 is 0 Å². The Labute approximate surface area is 130 Å². The summed E-state index contributed by atoms with van der Waals surface area (Å²) in [5, 5.41) is 8.05. The molecule has 0 radical (unpaired) electrons. The molecule has 1 atom stereocenters. The molecule has 6 nitrogen and oxygen atoms in total. The van der Waals surface area contributed by atoms with Gasteiger partial charge in [-0.3, -0.25) is 4.90 Å². The van der Waals surface area contributed by atoms with Crippen LogP contribution in [0.2, 0.25) is 0 Å². The number of ether oxygens (including phenoxy) is 1. The predicted octanol–water partition coefficient (Wildman–Crippen LogP) is 2.27. The maximum absolute atomic E-state index is 5.54. The molecule has 2 heterocycles. The molecule has 22 heavy (non-hydrogen) atoms. The highest BCUT2D eigenvalue weighted by Gasteiger charge is 2.25. The van der Waals surface area contributed by atoms with E-state index in [4.69, 9.17) is 9.15 Å². The lowest BCUT2D eigenvalue weighted by molar-refractivity contribution is 0.172. The summed E-state index contributed by atoms with van der Waals surface area (Å²) in [6.07, 6.45) is 0. The summed E-state index contributed by atoms with van der Waals surface area (Å²) in [4.78, 5) is 4.77. The highest BCUT2D eigenvalue weighted by atomic mass is 16.5. The Hall–Kier alpha value is -2.08. The molecule has 1 aromatic carbocycles. The number of rotatable bonds is 4. The van der Waals surface area contributed by atoms with Gasteiger partial charge >= 0.3 is 0 Å². The van der Waals surface area contributed by atoms with Gasteiger partial charge in [0.05, 0.1) is 13.2 Å². The van der Waals surface area contributed by atoms with Gasteiger partial charge < -0.3 is 14.1 Å². The topological polar surface area (TPSA) is 54.6 Å². The Morgan fingerprint density at radius 2 is 1.77 bits per heavy atom. The normalized spacial score (nSPS) is 17.5. The number of hydrogen-bond donors (Lipinski definition) is 0. The molecule has 6 heteroatoms. The Balaban J connectivity index is 1.59. The van der Waals surface area contributed by atoms with Gasteiger partial charge in [0, 0.05) is 38.8 Å². The monoisotopic (exact) mass is 302 g/mol. The molecule has 118 valence electrons. The summed E-state index contributed by atoms with van der Waals surface area (Å²) in [5.41, 5.74) is 1.24. The molecule has 0 bridgehead atoms. The van der Waals surface area contributed by atoms with Crippen LogP contribution in [-0.2, 0) is 0 Å². The first-order valence-electron chi connectivity index (χ1n) is 7.60. The van der Waals surface area contributed by atoms with Crippen molar-refractivity contribution in [3.63, 3.8) is 0 Å². The molecule has 1 fully saturated rings. The molecular weight excluding hydrogens is 280 g/mol. The van der Waals surface area contributed by atoms with Crippen molar-refractivity contribution in [1.82, 2.24) is 15.1 Å². The largest absolute Gasteiger partial charge is 0.497 e. The van der Waals surface area contributed by atoms with E-state index in [-0.39, 0.29) is 6.04 Å². The summed E-state index contributed by atoms with van der Waals surface area (Å²) in [6, 6.07) is 8.40. The highest BCUT2D eigenvalue weighted by Crippen LogP contribution is 2.24. The maximum Gasteiger partial charge on any atom is 0.233 e. The lowest BCUT2D eigenvalue weighted by atomic mass is 10.2. The summed E-state index contributed by atoms with van der Waals surface area (Å²) in [7, 11) is 1.69. The Kier molecular flexibility index (Phi) is 4.29. The lowest BCUT2D eigenvalue weighted by Crippen LogP contribution is -2.47. The van der Waals surface area contributed by atoms with Crippen molar-refractivity contribution < 1.29 is 9.15 Å². The molecule has 2 aromatic rings. The minimum absolute atomic E-state index is 0.166. The van der Waals surface area contributed by atoms with E-state index in [9.17, 15) is 0 Å². The Morgan fingerprint density at radius 1 is 1.09 bits per heavy atom. The van der Waals surface area contributed by atoms with Crippen LogP contribution in [0.25, 0.3) is 0 Å². The van der Waals surface area contributed by atoms with E-state index in [0.29, 0.717) is 11.8 Å². The number of anilines is 1. The van der Waals surface area contributed by atoms with Crippen molar-refractivity contribution >= 4 is 5.69 Å². The van der Waals surface area contributed by atoms with Crippen molar-refractivity contribution in [2.45, 2.75) is 19.9 Å². The van der Waals surface area contributed by atoms with E-state index in [1.807, 2.05) is 19.1 Å². The SMILES string of the molecule is COc1ccc(N2CCN([C@@H](C)c3nnc(C)o3)CC2)cc1. The van der Waals surface area contributed by atoms with E-state index >= 15 is 0 Å². The van der Waals surface area contributed by atoms with Crippen LogP contribution in [0, 0.1) is 6.92 Å². The standard InChI is InChI=1S/C16H22N4O2/c1-12(16-18-17-13(2)22-16)19-8-10-20(11-9-19)14-4-6-15(21-3)7-5-14/h4-7,12H,8-11H2,1-3H3/t12-/m0/s1. The number of hydrogen-bond acceptors (Lipinski definition) is 6. The minimum Gasteiger partial charge on any atom is -0.497 e. The van der Waals surface area contributed by atoms with Crippen LogP contribution in [0.1, 0.15) is 24.7 Å². The molecule has 0 aliphatic carbocycles. The summed E-state index contributed by atoms with van der Waals surface area (Å²) < 4.78 is 10.8. The van der Waals surface area contributed by atoms with Gasteiger partial charge in [-0.25, -0.2) is 0 Å². The van der Waals surface area contributed by atoms with Gasteiger partial charge in [0.1, 0.15) is 5.75 Å². The number of piperazine rings is 1. The smallest absolute Gasteiger partial charge is 0.233 e. The molecule has 0 N–H and O–H groups in total. The summed E-state index contributed by atoms with van der Waals surface area (Å²) in [5.74, 6) is 2.22. The van der Waals surface area contributed by atoms with Crippen molar-refractivity contribution in [1.29, 1.82) is 0 Å². The second-order valence-electron chi connectivity index (χ2n) is 5.56. The van der Waals surface area contributed by atoms with Gasteiger partial charge in [0.15, 0.2) is 0 Å². The first kappa shape index (κ1) is 14.8. The molecule has 0 saturated carbocycles. The number of nitrogens with zero attached hydrogens (tertiary/aromatic N) is 4. The number of methoxy groups -OCH3 is 1. The van der Waals surface area contributed by atoms with E-state index in [1.165, 1.54) is 5.69 Å². The third-order valence-corrected chi connectivity index (χ3v) is 4.20. The van der Waals surface area contributed by atoms with E-state index in [2.05, 4.69) is 39.1 Å². The zero-order chi connectivity index (χ0) is 15.5. The second kappa shape index (κ2) is 6.36. The van der Waals surface area contributed by atoms with Crippen LogP contribution in [0.4, 0.5) is 5.69 Å². The van der Waals surface area contributed by atoms with Crippen LogP contribution in [0.15, 0.2) is 28.7 Å². The average molecular weight is 302 g/mol. The molecule has 1 aliphatic rings. The van der Waals surface area contributed by atoms with Gasteiger partial charge in [-0.05, 0) is 31.2 Å². The van der Waals surface area contributed by atoms with Crippen molar-refractivity contribution in [3.05, 3.63) is 36.0 Å². The number of aromatic nitrogens is 2. The van der Waals surface area contributed by atoms with Gasteiger partial charge in [-0.15, -0.1) is 10.2 Å². The van der Waals surface area contributed by atoms with Crippen LogP contribution in [0.3, 0.4) is 0 Å². The first-order valence-corrected chi connectivity index (χ1v) is 7.60. The zero-order valence-electron chi connectivity index (χ0n) is 13.3. The van der Waals surface area contributed by atoms with Gasteiger partial charge in [0.25, 0.3) is 0 Å². The average Bonchev–Trinajstić information content (AvgIpc) is 3.01. The molecule has 1 aliphatic heterocycles. The maximum atomic E-state index is 5.54. The zero-order valence-corrected chi connectivity index (χ0v) is 13.3. The third-order valence-electron chi connectivity index (χ3n) is 4.20. The van der Waals surface area contributed by atoms with Crippen LogP contribution >= 0.6 is 0 Å². The van der Waals surface area contributed by atoms with Crippen LogP contribution in [0.5, 0.6) is 5.75 Å². The molecule has 0 spiro atoms. The molecule has 1 aromatic heterocycles. The molecule has 0 amide bonds. The lowest BCUT2D eigenvalue weighted by Gasteiger charge is -2.38. The van der Waals surface area contributed by atoms with E-state index in [0.717, 1.165) is 31.9 Å². The highest BCUT2D eigenvalue weighted by molar-refractivity contribution is 5.49. The quantitative estimate of drug-likeness (QED) is 0.863. The van der Waals surface area contributed by atoms with Gasteiger partial charge in [-0.1, -0.05) is 0 Å². The van der Waals surface area contributed by atoms with Crippen molar-refractivity contribution in [3.8, 4) is 5.75 Å². The van der Waals surface area contributed by atoms with Crippen molar-refractivity contribution in [2.24, 2.45) is 0 Å². The Morgan fingerprint density at radius 3 is 2.32 bits per heavy atom. The second-order valence-corrected chi connectivity index (χ2v) is 5.56. The van der Waals surface area contributed by atoms with Crippen LogP contribution < -0.4 is 9.64 Å². The molecule has 1 saturated heterocycles. The minimum atomic E-state index is 0.166. The summed E-state index contributed by atoms with van der Waals surface area (Å²) in [6.45, 7) is 7.89. The van der Waals surface area contributed by atoms with Gasteiger partial charge in [-0.2, -0.15) is 0 Å². The molecule has 0 unspecified atom stereocenters. The fourth-order valence-electron chi connectivity index (χ4n) is 2.80. The van der Waals surface area contributed by atoms with Gasteiger partial charge in [0.2, 0.25) is 11.8 Å². The Bertz CT molecular complexity index is 603. The van der Waals surface area contributed by atoms with Crippen LogP contribution in [-0.4, -0.2) is 48.4 Å². The number of benzene rings is 1. The first-order chi connectivity index (χ1) is 10.7. The fraction of sp³-hybridized carbons (Fsp3) is 0.500.